The SMILES string of the molecule is CC(C(=O)Nc1cc(C(F)(F)F)ccc1Cl)n1ccc2ccccc2c1=O. The van der Waals surface area contributed by atoms with Crippen molar-refractivity contribution in [2.75, 3.05) is 5.32 Å². The van der Waals surface area contributed by atoms with Gasteiger partial charge in [-0.1, -0.05) is 29.8 Å². The fourth-order valence-electron chi connectivity index (χ4n) is 2.67. The van der Waals surface area contributed by atoms with Crippen LogP contribution in [0.3, 0.4) is 0 Å². The molecule has 1 N–H and O–H groups in total. The van der Waals surface area contributed by atoms with Gasteiger partial charge in [0, 0.05) is 11.6 Å². The molecule has 27 heavy (non-hydrogen) atoms. The predicted octanol–water partition coefficient (Wildman–Crippen LogP) is 4.87. The summed E-state index contributed by atoms with van der Waals surface area (Å²) in [4.78, 5) is 25.1. The summed E-state index contributed by atoms with van der Waals surface area (Å²) in [5.74, 6) is -0.659. The van der Waals surface area contributed by atoms with Crippen molar-refractivity contribution in [1.29, 1.82) is 0 Å². The van der Waals surface area contributed by atoms with E-state index < -0.39 is 23.7 Å². The summed E-state index contributed by atoms with van der Waals surface area (Å²) in [5, 5.41) is 3.50. The van der Waals surface area contributed by atoms with Crippen LogP contribution in [0.4, 0.5) is 18.9 Å². The first-order valence-corrected chi connectivity index (χ1v) is 8.34. The lowest BCUT2D eigenvalue weighted by Crippen LogP contribution is -2.31. The van der Waals surface area contributed by atoms with E-state index in [9.17, 15) is 22.8 Å². The monoisotopic (exact) mass is 394 g/mol. The normalized spacial score (nSPS) is 12.8. The van der Waals surface area contributed by atoms with E-state index in [0.717, 1.165) is 23.6 Å². The second-order valence-electron chi connectivity index (χ2n) is 5.97. The maximum Gasteiger partial charge on any atom is 0.416 e. The lowest BCUT2D eigenvalue weighted by molar-refractivity contribution is -0.137. The number of fused-ring (bicyclic) bond motifs is 1. The quantitative estimate of drug-likeness (QED) is 0.688. The van der Waals surface area contributed by atoms with Crippen molar-refractivity contribution < 1.29 is 18.0 Å². The fourth-order valence-corrected chi connectivity index (χ4v) is 2.84. The van der Waals surface area contributed by atoms with E-state index in [4.69, 9.17) is 11.6 Å². The van der Waals surface area contributed by atoms with Crippen molar-refractivity contribution in [1.82, 2.24) is 4.57 Å². The minimum Gasteiger partial charge on any atom is -0.323 e. The first-order valence-electron chi connectivity index (χ1n) is 7.96. The van der Waals surface area contributed by atoms with Crippen LogP contribution in [-0.4, -0.2) is 10.5 Å². The Labute approximate surface area is 157 Å². The molecular formula is C19H14ClF3N2O2. The van der Waals surface area contributed by atoms with Crippen LogP contribution < -0.4 is 10.9 Å². The molecule has 8 heteroatoms. The van der Waals surface area contributed by atoms with Crippen molar-refractivity contribution in [3.63, 3.8) is 0 Å². The zero-order valence-electron chi connectivity index (χ0n) is 14.0. The molecule has 1 amide bonds. The van der Waals surface area contributed by atoms with Crippen LogP contribution in [0.15, 0.2) is 59.5 Å². The number of amides is 1. The van der Waals surface area contributed by atoms with Gasteiger partial charge in [-0.2, -0.15) is 13.2 Å². The van der Waals surface area contributed by atoms with E-state index in [0.29, 0.717) is 5.39 Å². The third kappa shape index (κ3) is 3.83. The first kappa shape index (κ1) is 19.0. The molecule has 0 aliphatic heterocycles. The van der Waals surface area contributed by atoms with Crippen molar-refractivity contribution in [3.05, 3.63) is 75.7 Å². The average Bonchev–Trinajstić information content (AvgIpc) is 2.62. The number of benzene rings is 2. The summed E-state index contributed by atoms with van der Waals surface area (Å²) in [6.45, 7) is 1.48. The molecule has 1 aromatic heterocycles. The number of pyridine rings is 1. The van der Waals surface area contributed by atoms with Crippen molar-refractivity contribution in [3.8, 4) is 0 Å². The molecule has 0 fully saturated rings. The van der Waals surface area contributed by atoms with Gasteiger partial charge in [0.25, 0.3) is 5.56 Å². The van der Waals surface area contributed by atoms with Crippen LogP contribution >= 0.6 is 11.6 Å². The number of nitrogens with one attached hydrogen (secondary N) is 1. The number of aromatic nitrogens is 1. The summed E-state index contributed by atoms with van der Waals surface area (Å²) < 4.78 is 39.8. The summed E-state index contributed by atoms with van der Waals surface area (Å²) >= 11 is 5.90. The van der Waals surface area contributed by atoms with E-state index in [1.807, 2.05) is 0 Å². The molecule has 1 unspecified atom stereocenters. The topological polar surface area (TPSA) is 51.1 Å². The molecule has 0 aliphatic carbocycles. The third-order valence-electron chi connectivity index (χ3n) is 4.19. The lowest BCUT2D eigenvalue weighted by atomic mass is 10.1. The standard InChI is InChI=1S/C19H14ClF3N2O2/c1-11(25-9-8-12-4-2-3-5-14(12)18(25)27)17(26)24-16-10-13(19(21,22)23)6-7-15(16)20/h2-11H,1H3,(H,24,26). The largest absolute Gasteiger partial charge is 0.416 e. The molecule has 3 aromatic rings. The van der Waals surface area contributed by atoms with Gasteiger partial charge in [-0.05, 0) is 42.6 Å². The number of carbonyl (C=O) groups excluding carboxylic acids is 1. The van der Waals surface area contributed by atoms with Gasteiger partial charge >= 0.3 is 6.18 Å². The Bertz CT molecular complexity index is 1080. The highest BCUT2D eigenvalue weighted by Gasteiger charge is 2.31. The molecule has 0 bridgehead atoms. The van der Waals surface area contributed by atoms with Crippen LogP contribution in [0.2, 0.25) is 5.02 Å². The van der Waals surface area contributed by atoms with Gasteiger partial charge in [-0.25, -0.2) is 0 Å². The molecule has 4 nitrogen and oxygen atoms in total. The van der Waals surface area contributed by atoms with Gasteiger partial charge < -0.3 is 9.88 Å². The highest BCUT2D eigenvalue weighted by atomic mass is 35.5. The molecule has 0 aliphatic rings. The van der Waals surface area contributed by atoms with Crippen molar-refractivity contribution in [2.45, 2.75) is 19.1 Å². The van der Waals surface area contributed by atoms with E-state index in [1.165, 1.54) is 17.7 Å². The second kappa shape index (κ2) is 7.08. The first-order chi connectivity index (χ1) is 12.7. The van der Waals surface area contributed by atoms with Gasteiger partial charge in [0.15, 0.2) is 0 Å². The molecule has 0 saturated carbocycles. The number of hydrogen-bond donors (Lipinski definition) is 1. The van der Waals surface area contributed by atoms with E-state index >= 15 is 0 Å². The molecule has 0 saturated heterocycles. The second-order valence-corrected chi connectivity index (χ2v) is 6.38. The number of carbonyl (C=O) groups is 1. The van der Waals surface area contributed by atoms with E-state index in [2.05, 4.69) is 5.32 Å². The minimum absolute atomic E-state index is 0.0330. The number of alkyl halides is 3. The van der Waals surface area contributed by atoms with Gasteiger partial charge in [0.05, 0.1) is 16.3 Å². The Hall–Kier alpha value is -2.80. The average molecular weight is 395 g/mol. The molecule has 1 heterocycles. The van der Waals surface area contributed by atoms with E-state index in [1.54, 1.807) is 30.3 Å². The third-order valence-corrected chi connectivity index (χ3v) is 4.52. The highest BCUT2D eigenvalue weighted by molar-refractivity contribution is 6.33. The number of nitrogens with zero attached hydrogens (tertiary/aromatic N) is 1. The lowest BCUT2D eigenvalue weighted by Gasteiger charge is -2.17. The number of halogens is 4. The number of rotatable bonds is 3. The smallest absolute Gasteiger partial charge is 0.323 e. The number of anilines is 1. The fraction of sp³-hybridized carbons (Fsp3) is 0.158. The molecule has 0 spiro atoms. The van der Waals surface area contributed by atoms with Crippen molar-refractivity contribution in [2.24, 2.45) is 0 Å². The Morgan fingerprint density at radius 1 is 1.15 bits per heavy atom. The summed E-state index contributed by atoms with van der Waals surface area (Å²) in [6.07, 6.45) is -3.09. The Balaban J connectivity index is 1.91. The predicted molar refractivity (Wildman–Crippen MR) is 98.0 cm³/mol. The zero-order valence-corrected chi connectivity index (χ0v) is 14.8. The van der Waals surface area contributed by atoms with Gasteiger partial charge in [-0.15, -0.1) is 0 Å². The number of hydrogen-bond acceptors (Lipinski definition) is 2. The van der Waals surface area contributed by atoms with Gasteiger partial charge in [-0.3, -0.25) is 9.59 Å². The summed E-state index contributed by atoms with van der Waals surface area (Å²) in [6, 6.07) is 10.3. The van der Waals surface area contributed by atoms with Crippen LogP contribution in [0.25, 0.3) is 10.8 Å². The Kier molecular flexibility index (Phi) is 4.97. The van der Waals surface area contributed by atoms with Crippen molar-refractivity contribution >= 4 is 34.0 Å². The molecule has 140 valence electrons. The van der Waals surface area contributed by atoms with Gasteiger partial charge in [0.2, 0.25) is 5.91 Å². The minimum atomic E-state index is -4.56. The Morgan fingerprint density at radius 2 is 1.85 bits per heavy atom. The Morgan fingerprint density at radius 3 is 2.56 bits per heavy atom. The van der Waals surface area contributed by atoms with Crippen LogP contribution in [0, 0.1) is 0 Å². The molecule has 3 rings (SSSR count). The van der Waals surface area contributed by atoms with Crippen LogP contribution in [-0.2, 0) is 11.0 Å². The molecular weight excluding hydrogens is 381 g/mol. The maximum absolute atomic E-state index is 12.9. The highest BCUT2D eigenvalue weighted by Crippen LogP contribution is 2.34. The van der Waals surface area contributed by atoms with Crippen LogP contribution in [0.1, 0.15) is 18.5 Å². The zero-order chi connectivity index (χ0) is 19.8. The summed E-state index contributed by atoms with van der Waals surface area (Å²) in [5.41, 5.74) is -1.47. The molecule has 2 aromatic carbocycles. The maximum atomic E-state index is 12.9. The summed E-state index contributed by atoms with van der Waals surface area (Å²) in [7, 11) is 0. The molecule has 0 radical (unpaired) electrons. The van der Waals surface area contributed by atoms with Gasteiger partial charge in [0.1, 0.15) is 6.04 Å². The van der Waals surface area contributed by atoms with Crippen LogP contribution in [0.5, 0.6) is 0 Å². The van der Waals surface area contributed by atoms with E-state index in [-0.39, 0.29) is 16.3 Å². The molecule has 1 atom stereocenters.